The van der Waals surface area contributed by atoms with Crippen LogP contribution >= 0.6 is 0 Å². The van der Waals surface area contributed by atoms with E-state index in [0.717, 1.165) is 29.5 Å². The van der Waals surface area contributed by atoms with Crippen LogP contribution in [0.3, 0.4) is 0 Å². The molecule has 14 nitrogen and oxygen atoms in total. The number of nitrogens with two attached hydrogens (primary N) is 1. The molecule has 274 valence electrons. The van der Waals surface area contributed by atoms with Crippen LogP contribution in [0, 0.1) is 18.8 Å². The van der Waals surface area contributed by atoms with Crippen LogP contribution in [-0.4, -0.2) is 89.6 Å². The Hall–Kier alpha value is -4.50. The summed E-state index contributed by atoms with van der Waals surface area (Å²) in [5.41, 5.74) is 8.78. The lowest BCUT2D eigenvalue weighted by Crippen LogP contribution is -2.47. The Labute approximate surface area is 297 Å². The molecule has 2 aliphatic carbocycles. The van der Waals surface area contributed by atoms with Crippen molar-refractivity contribution in [1.29, 1.82) is 0 Å². The Morgan fingerprint density at radius 3 is 2.61 bits per heavy atom. The van der Waals surface area contributed by atoms with Gasteiger partial charge in [0.15, 0.2) is 0 Å². The molecule has 5 atom stereocenters. The first-order valence-electron chi connectivity index (χ1n) is 17.4. The number of ether oxygens (including phenoxy) is 3. The second-order valence-corrected chi connectivity index (χ2v) is 15.6. The summed E-state index contributed by atoms with van der Waals surface area (Å²) < 4.78 is 45.9. The quantitative estimate of drug-likeness (QED) is 0.164. The molecule has 51 heavy (non-hydrogen) atoms. The molecule has 0 radical (unpaired) electrons. The molecule has 0 spiro atoms. The highest BCUT2D eigenvalue weighted by Gasteiger charge is 2.45. The van der Waals surface area contributed by atoms with Gasteiger partial charge in [0.1, 0.15) is 29.7 Å². The smallest absolute Gasteiger partial charge is 0.252 e. The number of fused-ring (bicyclic) bond motifs is 1. The summed E-state index contributed by atoms with van der Waals surface area (Å²) in [4.78, 5) is 44.6. The van der Waals surface area contributed by atoms with Crippen molar-refractivity contribution < 1.29 is 37.0 Å². The van der Waals surface area contributed by atoms with Crippen LogP contribution in [0.15, 0.2) is 42.6 Å². The minimum Gasteiger partial charge on any atom is -0.496 e. The van der Waals surface area contributed by atoms with Crippen LogP contribution in [0.5, 0.6) is 11.5 Å². The number of nitrogens with zero attached hydrogens (tertiary/aromatic N) is 4. The molecule has 2 aromatic heterocycles. The topological polar surface area (TPSA) is 185 Å². The van der Waals surface area contributed by atoms with Crippen LogP contribution in [0.1, 0.15) is 57.4 Å². The van der Waals surface area contributed by atoms with Gasteiger partial charge in [-0.2, -0.15) is 5.10 Å². The number of carbonyl (C=O) groups is 3. The maximum atomic E-state index is 13.5. The largest absolute Gasteiger partial charge is 0.496 e. The Bertz CT molecular complexity index is 1940. The summed E-state index contributed by atoms with van der Waals surface area (Å²) >= 11 is 0. The Balaban J connectivity index is 1.01. The van der Waals surface area contributed by atoms with Crippen molar-refractivity contribution in [3.63, 3.8) is 0 Å². The van der Waals surface area contributed by atoms with Gasteiger partial charge in [0.2, 0.25) is 21.8 Å². The number of benzene rings is 1. The summed E-state index contributed by atoms with van der Waals surface area (Å²) in [6, 6.07) is 6.62. The fourth-order valence-electron chi connectivity index (χ4n) is 6.64. The molecular weight excluding hydrogens is 676 g/mol. The van der Waals surface area contributed by atoms with Gasteiger partial charge in [-0.25, -0.2) is 13.4 Å². The number of nitrogens with one attached hydrogen (secondary N) is 1. The summed E-state index contributed by atoms with van der Waals surface area (Å²) in [5, 5.41) is 4.64. The van der Waals surface area contributed by atoms with E-state index in [4.69, 9.17) is 24.9 Å². The van der Waals surface area contributed by atoms with E-state index in [1.807, 2.05) is 50.4 Å². The number of hydrogen-bond donors (Lipinski definition) is 2. The molecule has 1 aliphatic heterocycles. The normalized spacial score (nSPS) is 22.3. The molecule has 3 aromatic rings. The molecule has 3 N–H and O–H groups in total. The molecule has 5 unspecified atom stereocenters. The summed E-state index contributed by atoms with van der Waals surface area (Å²) in [7, 11) is -0.0723. The third-order valence-electron chi connectivity index (χ3n) is 9.86. The number of unbranched alkanes of at least 4 members (excludes halogenated alkanes) is 2. The number of carbonyl (C=O) groups excluding carboxylic acids is 3. The average molecular weight is 723 g/mol. The van der Waals surface area contributed by atoms with Crippen molar-refractivity contribution in [3.8, 4) is 22.9 Å². The van der Waals surface area contributed by atoms with Gasteiger partial charge < -0.3 is 24.8 Å². The van der Waals surface area contributed by atoms with Crippen LogP contribution in [0.4, 0.5) is 0 Å². The van der Waals surface area contributed by atoms with Gasteiger partial charge in [0.25, 0.3) is 5.91 Å². The first-order valence-corrected chi connectivity index (χ1v) is 19.0. The number of amides is 3. The van der Waals surface area contributed by atoms with Gasteiger partial charge in [0.05, 0.1) is 35.8 Å². The van der Waals surface area contributed by atoms with Crippen molar-refractivity contribution in [2.24, 2.45) is 24.6 Å². The molecule has 6 rings (SSSR count). The molecule has 3 fully saturated rings. The van der Waals surface area contributed by atoms with E-state index in [1.54, 1.807) is 24.9 Å². The van der Waals surface area contributed by atoms with Crippen molar-refractivity contribution in [2.75, 3.05) is 20.3 Å². The lowest BCUT2D eigenvalue weighted by atomic mass is 10.1. The van der Waals surface area contributed by atoms with Gasteiger partial charge >= 0.3 is 0 Å². The van der Waals surface area contributed by atoms with Gasteiger partial charge in [0, 0.05) is 49.2 Å². The number of primary amides is 1. The standard InChI is InChI=1S/C36H46N6O8S/c1-21-31(48-4)13-12-26-32(19-28(39-33(21)26)29-14-15-38-41(29)3)50-24-18-30(34(37)43)42(20-24)36(45)22(2)49-16-8-6-5-7-9-23-17-27(23)35(44)40-51(46,47)25-10-11-25/h7,9,12-15,19,22-25,27,30H,5-6,8,10-11,16-18,20H2,1-4H3,(H2,37,43)(H,40,44). The molecular formula is C36H46N6O8S. The SMILES string of the molecule is COc1ccc2c(OC3CC(C(N)=O)N(C(=O)C(C)OCCCCC=CC4CC4C(=O)NS(=O)(=O)C4CC4)C3)cc(-c3ccnn3C)nc2c1C. The number of aromatic nitrogens is 3. The first kappa shape index (κ1) is 36.3. The van der Waals surface area contributed by atoms with Crippen LogP contribution < -0.4 is 19.9 Å². The molecule has 3 aliphatic rings. The van der Waals surface area contributed by atoms with Gasteiger partial charge in [-0.05, 0) is 76.5 Å². The van der Waals surface area contributed by atoms with Crippen LogP contribution in [-0.2, 0) is 36.2 Å². The molecule has 3 heterocycles. The molecule has 0 bridgehead atoms. The van der Waals surface area contributed by atoms with Crippen molar-refractivity contribution >= 4 is 38.6 Å². The first-order chi connectivity index (χ1) is 24.4. The van der Waals surface area contributed by atoms with E-state index < -0.39 is 45.3 Å². The average Bonchev–Trinajstić information content (AvgIpc) is 4.01. The summed E-state index contributed by atoms with van der Waals surface area (Å²) in [5.74, 6) is -0.317. The highest BCUT2D eigenvalue weighted by Crippen LogP contribution is 2.41. The fourth-order valence-corrected chi connectivity index (χ4v) is 7.99. The number of pyridine rings is 1. The van der Waals surface area contributed by atoms with E-state index >= 15 is 0 Å². The van der Waals surface area contributed by atoms with Crippen LogP contribution in [0.2, 0.25) is 0 Å². The Morgan fingerprint density at radius 1 is 1.14 bits per heavy atom. The maximum absolute atomic E-state index is 13.5. The zero-order chi connectivity index (χ0) is 36.4. The lowest BCUT2D eigenvalue weighted by molar-refractivity contribution is -0.146. The van der Waals surface area contributed by atoms with E-state index in [0.29, 0.717) is 55.0 Å². The highest BCUT2D eigenvalue weighted by atomic mass is 32.2. The maximum Gasteiger partial charge on any atom is 0.252 e. The van der Waals surface area contributed by atoms with E-state index in [9.17, 15) is 22.8 Å². The van der Waals surface area contributed by atoms with Gasteiger partial charge in [-0.1, -0.05) is 12.2 Å². The van der Waals surface area contributed by atoms with Crippen molar-refractivity contribution in [3.05, 3.63) is 48.2 Å². The predicted octanol–water partition coefficient (Wildman–Crippen LogP) is 3.16. The minimum atomic E-state index is -3.51. The molecule has 15 heteroatoms. The van der Waals surface area contributed by atoms with E-state index in [2.05, 4.69) is 9.82 Å². The number of allylic oxidation sites excluding steroid dienone is 2. The molecule has 2 saturated carbocycles. The van der Waals surface area contributed by atoms with Crippen molar-refractivity contribution in [1.82, 2.24) is 24.4 Å². The third-order valence-corrected chi connectivity index (χ3v) is 11.7. The number of hydrogen-bond acceptors (Lipinski definition) is 10. The fraction of sp³-hybridized carbons (Fsp3) is 0.528. The third kappa shape index (κ3) is 8.19. The number of sulfonamides is 1. The monoisotopic (exact) mass is 722 g/mol. The molecule has 1 aromatic carbocycles. The van der Waals surface area contributed by atoms with Gasteiger partial charge in [-0.15, -0.1) is 0 Å². The zero-order valence-electron chi connectivity index (χ0n) is 29.4. The van der Waals surface area contributed by atoms with E-state index in [-0.39, 0.29) is 30.7 Å². The van der Waals surface area contributed by atoms with Gasteiger partial charge in [-0.3, -0.25) is 23.8 Å². The number of methoxy groups -OCH3 is 1. The second kappa shape index (κ2) is 15.0. The predicted molar refractivity (Wildman–Crippen MR) is 189 cm³/mol. The van der Waals surface area contributed by atoms with Crippen LogP contribution in [0.25, 0.3) is 22.3 Å². The highest BCUT2D eigenvalue weighted by molar-refractivity contribution is 7.90. The number of likely N-dealkylation sites (tertiary alicyclic amines) is 1. The number of aryl methyl sites for hydroxylation is 2. The second-order valence-electron chi connectivity index (χ2n) is 13.7. The Kier molecular flexibility index (Phi) is 10.7. The van der Waals surface area contributed by atoms with Crippen molar-refractivity contribution in [2.45, 2.75) is 82.3 Å². The zero-order valence-corrected chi connectivity index (χ0v) is 30.2. The Morgan fingerprint density at radius 2 is 1.92 bits per heavy atom. The molecule has 1 saturated heterocycles. The summed E-state index contributed by atoms with van der Waals surface area (Å²) in [6.45, 7) is 4.12. The summed E-state index contributed by atoms with van der Waals surface area (Å²) in [6.07, 6.45) is 8.80. The lowest BCUT2D eigenvalue weighted by Gasteiger charge is -2.25. The van der Waals surface area contributed by atoms with E-state index in [1.165, 1.54) is 4.90 Å². The molecule has 3 amide bonds. The minimum absolute atomic E-state index is 0.0627. The number of rotatable bonds is 16.